The molecule has 0 aromatic heterocycles. The van der Waals surface area contributed by atoms with E-state index in [1.54, 1.807) is 24.3 Å². The maximum Gasteiger partial charge on any atom is 0.127 e. The van der Waals surface area contributed by atoms with E-state index in [-0.39, 0.29) is 5.69 Å². The zero-order valence-corrected chi connectivity index (χ0v) is 11.9. The molecule has 5 nitrogen and oxygen atoms in total. The van der Waals surface area contributed by atoms with Crippen LogP contribution in [-0.4, -0.2) is 21.8 Å². The van der Waals surface area contributed by atoms with Gasteiger partial charge in [-0.25, -0.2) is 8.42 Å². The zero-order chi connectivity index (χ0) is 14.6. The van der Waals surface area contributed by atoms with E-state index in [0.717, 1.165) is 6.26 Å². The van der Waals surface area contributed by atoms with E-state index in [1.807, 2.05) is 18.2 Å². The summed E-state index contributed by atoms with van der Waals surface area (Å²) in [7, 11) is -2.03. The molecule has 0 aliphatic carbocycles. The van der Waals surface area contributed by atoms with Crippen LogP contribution in [0.4, 0.5) is 5.69 Å². The second kappa shape index (κ2) is 5.83. The first kappa shape index (κ1) is 14.2. The van der Waals surface area contributed by atoms with Gasteiger partial charge in [0, 0.05) is 6.26 Å². The molecule has 0 aliphatic rings. The van der Waals surface area contributed by atoms with Crippen LogP contribution in [-0.2, 0) is 10.0 Å². The molecule has 0 N–H and O–H groups in total. The van der Waals surface area contributed by atoms with Gasteiger partial charge in [-0.1, -0.05) is 23.9 Å². The topological polar surface area (TPSA) is 66.7 Å². The molecule has 0 unspecified atom stereocenters. The largest absolute Gasteiger partial charge is 0.574 e. The smallest absolute Gasteiger partial charge is 0.127 e. The van der Waals surface area contributed by atoms with Crippen molar-refractivity contribution in [3.63, 3.8) is 0 Å². The summed E-state index contributed by atoms with van der Waals surface area (Å²) in [5, 5.41) is 0. The standard InChI is InChI=1S/C14H14NO4S/c1-18-12-8-9-14(13(10-12)15-20(2,16)17)19-11-6-4-3-5-7-11/h3-10H,1-2H3/q-1. The number of hydrogen-bond donors (Lipinski definition) is 0. The van der Waals surface area contributed by atoms with Crippen LogP contribution in [0.15, 0.2) is 48.5 Å². The molecule has 20 heavy (non-hydrogen) atoms. The van der Waals surface area contributed by atoms with Crippen molar-refractivity contribution in [1.82, 2.24) is 0 Å². The molecule has 2 aromatic rings. The van der Waals surface area contributed by atoms with Crippen LogP contribution in [0, 0.1) is 0 Å². The van der Waals surface area contributed by atoms with Crippen molar-refractivity contribution >= 4 is 15.7 Å². The van der Waals surface area contributed by atoms with Crippen LogP contribution < -0.4 is 9.47 Å². The second-order valence-corrected chi connectivity index (χ2v) is 5.72. The van der Waals surface area contributed by atoms with E-state index in [9.17, 15) is 8.42 Å². The quantitative estimate of drug-likeness (QED) is 0.846. The fourth-order valence-corrected chi connectivity index (χ4v) is 2.08. The lowest BCUT2D eigenvalue weighted by Crippen LogP contribution is -1.94. The van der Waals surface area contributed by atoms with Crippen molar-refractivity contribution in [2.75, 3.05) is 13.4 Å². The van der Waals surface area contributed by atoms with Crippen LogP contribution in [0.25, 0.3) is 4.72 Å². The van der Waals surface area contributed by atoms with Gasteiger partial charge < -0.3 is 14.2 Å². The summed E-state index contributed by atoms with van der Waals surface area (Å²) in [6.07, 6.45) is 1.03. The third-order valence-corrected chi connectivity index (χ3v) is 2.93. The van der Waals surface area contributed by atoms with Crippen molar-refractivity contribution < 1.29 is 17.9 Å². The van der Waals surface area contributed by atoms with Crippen LogP contribution in [0.1, 0.15) is 0 Å². The molecule has 0 saturated heterocycles. The summed E-state index contributed by atoms with van der Waals surface area (Å²) in [6.45, 7) is 0. The monoisotopic (exact) mass is 292 g/mol. The van der Waals surface area contributed by atoms with Gasteiger partial charge in [-0.2, -0.15) is 0 Å². The fraction of sp³-hybridized carbons (Fsp3) is 0.143. The molecule has 6 heteroatoms. The molecular formula is C14H14NO4S-. The number of benzene rings is 2. The van der Waals surface area contributed by atoms with Crippen molar-refractivity contribution in [3.8, 4) is 17.2 Å². The van der Waals surface area contributed by atoms with Crippen LogP contribution in [0.5, 0.6) is 17.2 Å². The predicted molar refractivity (Wildman–Crippen MR) is 77.4 cm³/mol. The summed E-state index contributed by atoms with van der Waals surface area (Å²) < 4.78 is 37.1. The van der Waals surface area contributed by atoms with Gasteiger partial charge in [0.15, 0.2) is 0 Å². The van der Waals surface area contributed by atoms with E-state index in [0.29, 0.717) is 17.2 Å². The second-order valence-electron chi connectivity index (χ2n) is 4.07. The van der Waals surface area contributed by atoms with E-state index in [4.69, 9.17) is 9.47 Å². The van der Waals surface area contributed by atoms with Gasteiger partial charge in [0.2, 0.25) is 0 Å². The molecule has 0 amide bonds. The van der Waals surface area contributed by atoms with E-state index >= 15 is 0 Å². The molecular weight excluding hydrogens is 278 g/mol. The van der Waals surface area contributed by atoms with Crippen LogP contribution in [0.2, 0.25) is 0 Å². The van der Waals surface area contributed by atoms with E-state index in [1.165, 1.54) is 13.2 Å². The van der Waals surface area contributed by atoms with E-state index < -0.39 is 10.0 Å². The summed E-state index contributed by atoms with van der Waals surface area (Å²) in [5.41, 5.74) is 0.204. The number of sulfonamides is 1. The summed E-state index contributed by atoms with van der Waals surface area (Å²) >= 11 is 0. The Morgan fingerprint density at radius 1 is 1.00 bits per heavy atom. The Hall–Kier alpha value is -2.21. The van der Waals surface area contributed by atoms with Gasteiger partial charge in [-0.3, -0.25) is 0 Å². The lowest BCUT2D eigenvalue weighted by molar-refractivity contribution is 0.413. The molecule has 0 atom stereocenters. The first-order valence-corrected chi connectivity index (χ1v) is 7.67. The minimum absolute atomic E-state index is 0.204. The highest BCUT2D eigenvalue weighted by Gasteiger charge is 2.03. The number of para-hydroxylation sites is 1. The molecule has 2 aromatic carbocycles. The Labute approximate surface area is 118 Å². The normalized spacial score (nSPS) is 10.9. The van der Waals surface area contributed by atoms with Crippen molar-refractivity contribution in [3.05, 3.63) is 53.3 Å². The van der Waals surface area contributed by atoms with Gasteiger partial charge in [-0.15, -0.1) is 0 Å². The molecule has 0 heterocycles. The third-order valence-electron chi connectivity index (χ3n) is 2.40. The zero-order valence-electron chi connectivity index (χ0n) is 11.1. The maximum atomic E-state index is 11.3. The summed E-state index contributed by atoms with van der Waals surface area (Å²) in [4.78, 5) is 0. The van der Waals surface area contributed by atoms with Gasteiger partial charge >= 0.3 is 0 Å². The SMILES string of the molecule is COc1ccc(Oc2ccccc2)c([N-]S(C)(=O)=O)c1. The van der Waals surface area contributed by atoms with Gasteiger partial charge in [-0.05, 0) is 30.3 Å². The molecule has 0 spiro atoms. The van der Waals surface area contributed by atoms with Gasteiger partial charge in [0.1, 0.15) is 17.2 Å². The van der Waals surface area contributed by atoms with Crippen molar-refractivity contribution in [2.24, 2.45) is 0 Å². The Bertz CT molecular complexity index is 684. The average molecular weight is 292 g/mol. The molecule has 0 radical (unpaired) electrons. The molecule has 2 rings (SSSR count). The Kier molecular flexibility index (Phi) is 4.14. The Morgan fingerprint density at radius 2 is 1.70 bits per heavy atom. The number of hydrogen-bond acceptors (Lipinski definition) is 4. The number of rotatable bonds is 5. The molecule has 0 bridgehead atoms. The lowest BCUT2D eigenvalue weighted by atomic mass is 10.2. The highest BCUT2D eigenvalue weighted by molar-refractivity contribution is 7.93. The molecule has 0 fully saturated rings. The number of nitrogens with zero attached hydrogens (tertiary/aromatic N) is 1. The average Bonchev–Trinajstić information content (AvgIpc) is 2.40. The molecule has 0 aliphatic heterocycles. The number of methoxy groups -OCH3 is 1. The maximum absolute atomic E-state index is 11.3. The van der Waals surface area contributed by atoms with Crippen molar-refractivity contribution in [2.45, 2.75) is 0 Å². The van der Waals surface area contributed by atoms with Crippen LogP contribution >= 0.6 is 0 Å². The van der Waals surface area contributed by atoms with Gasteiger partial charge in [0.05, 0.1) is 17.1 Å². The Morgan fingerprint density at radius 3 is 2.30 bits per heavy atom. The molecule has 106 valence electrons. The Balaban J connectivity index is 2.36. The summed E-state index contributed by atoms with van der Waals surface area (Å²) in [5.74, 6) is 1.46. The highest BCUT2D eigenvalue weighted by atomic mass is 32.2. The molecule has 0 saturated carbocycles. The summed E-state index contributed by atoms with van der Waals surface area (Å²) in [6, 6.07) is 13.9. The van der Waals surface area contributed by atoms with E-state index in [2.05, 4.69) is 4.72 Å². The minimum Gasteiger partial charge on any atom is -0.574 e. The van der Waals surface area contributed by atoms with Crippen molar-refractivity contribution in [1.29, 1.82) is 0 Å². The lowest BCUT2D eigenvalue weighted by Gasteiger charge is -2.23. The highest BCUT2D eigenvalue weighted by Crippen LogP contribution is 2.38. The third kappa shape index (κ3) is 3.89. The fourth-order valence-electron chi connectivity index (χ4n) is 1.58. The minimum atomic E-state index is -3.53. The number of ether oxygens (including phenoxy) is 2. The predicted octanol–water partition coefficient (Wildman–Crippen LogP) is 3.45. The van der Waals surface area contributed by atoms with Gasteiger partial charge in [0.25, 0.3) is 0 Å². The van der Waals surface area contributed by atoms with Crippen LogP contribution in [0.3, 0.4) is 0 Å². The first-order valence-electron chi connectivity index (χ1n) is 5.82. The first-order chi connectivity index (χ1) is 9.48.